The number of β-amino-alcohol motifs (C(OH)–C–C–N with tert-alkyl or cyclic N) is 1. The zero-order valence-corrected chi connectivity index (χ0v) is 24.1. The molecule has 2 fully saturated rings. The number of hydrogen-bond donors (Lipinski definition) is 6. The predicted molar refractivity (Wildman–Crippen MR) is 153 cm³/mol. The Labute approximate surface area is 249 Å². The van der Waals surface area contributed by atoms with Gasteiger partial charge in [-0.05, 0) is 60.1 Å². The molecule has 2 aromatic rings. The Balaban J connectivity index is 1.72. The monoisotopic (exact) mass is 601 g/mol. The van der Waals surface area contributed by atoms with Gasteiger partial charge in [-0.3, -0.25) is 4.79 Å². The average molecular weight is 602 g/mol. The molecule has 0 aromatic heterocycles. The number of aliphatic hydroxyl groups excluding tert-OH is 3. The molecule has 2 aliphatic heterocycles. The van der Waals surface area contributed by atoms with Crippen LogP contribution in [0.1, 0.15) is 42.4 Å². The highest BCUT2D eigenvalue weighted by atomic mass is 16.7. The number of methoxy groups -OCH3 is 1. The molecule has 0 spiro atoms. The first-order valence-electron chi connectivity index (χ1n) is 14.1. The number of rotatable bonds is 12. The van der Waals surface area contributed by atoms with Gasteiger partial charge in [-0.15, -0.1) is 0 Å². The Morgan fingerprint density at radius 2 is 1.95 bits per heavy atom. The number of ether oxygens (including phenoxy) is 4. The number of phenols is 1. The minimum atomic E-state index is -2.09. The van der Waals surface area contributed by atoms with Gasteiger partial charge in [0.2, 0.25) is 5.79 Å². The van der Waals surface area contributed by atoms with Crippen molar-refractivity contribution in [1.82, 2.24) is 5.32 Å². The summed E-state index contributed by atoms with van der Waals surface area (Å²) in [7, 11) is 1.39. The van der Waals surface area contributed by atoms with E-state index in [0.717, 1.165) is 18.1 Å². The molecule has 0 saturated carbocycles. The van der Waals surface area contributed by atoms with Crippen LogP contribution < -0.4 is 10.1 Å². The molecule has 2 saturated heterocycles. The van der Waals surface area contributed by atoms with Crippen LogP contribution in [0.2, 0.25) is 0 Å². The molecule has 2 bridgehead atoms. The molecular formula is C31H39NO11. The Morgan fingerprint density at radius 1 is 1.16 bits per heavy atom. The highest BCUT2D eigenvalue weighted by Crippen LogP contribution is 2.36. The van der Waals surface area contributed by atoms with Crippen molar-refractivity contribution in [1.29, 1.82) is 0 Å². The van der Waals surface area contributed by atoms with Gasteiger partial charge in [-0.1, -0.05) is 30.3 Å². The van der Waals surface area contributed by atoms with E-state index in [0.29, 0.717) is 18.4 Å². The first-order valence-corrected chi connectivity index (χ1v) is 14.1. The van der Waals surface area contributed by atoms with Gasteiger partial charge in [0.25, 0.3) is 0 Å². The third kappa shape index (κ3) is 7.71. The lowest BCUT2D eigenvalue weighted by Gasteiger charge is -2.51. The molecule has 2 aromatic carbocycles. The fourth-order valence-electron chi connectivity index (χ4n) is 5.54. The lowest BCUT2D eigenvalue weighted by molar-refractivity contribution is -0.355. The summed E-state index contributed by atoms with van der Waals surface area (Å²) >= 11 is 0. The summed E-state index contributed by atoms with van der Waals surface area (Å²) in [5.41, 5.74) is 2.34. The maximum absolute atomic E-state index is 13.9. The van der Waals surface area contributed by atoms with Gasteiger partial charge < -0.3 is 49.8 Å². The van der Waals surface area contributed by atoms with Gasteiger partial charge in [-0.25, -0.2) is 4.79 Å². The second-order valence-electron chi connectivity index (χ2n) is 10.8. The largest absolute Gasteiger partial charge is 0.504 e. The Kier molecular flexibility index (Phi) is 10.8. The van der Waals surface area contributed by atoms with Crippen LogP contribution in [0.25, 0.3) is 6.08 Å². The van der Waals surface area contributed by atoms with Crippen molar-refractivity contribution in [3.05, 3.63) is 64.7 Å². The topological polar surface area (TPSA) is 184 Å². The lowest BCUT2D eigenvalue weighted by Crippen LogP contribution is -2.73. The van der Waals surface area contributed by atoms with Crippen molar-refractivity contribution < 1.29 is 54.1 Å². The summed E-state index contributed by atoms with van der Waals surface area (Å²) in [5, 5.41) is 54.5. The number of aliphatic hydroxyl groups is 4. The Hall–Kier alpha value is -3.52. The molecular weight excluding hydrogens is 562 g/mol. The zero-order valence-electron chi connectivity index (χ0n) is 24.1. The molecule has 12 heteroatoms. The highest BCUT2D eigenvalue weighted by Gasteiger charge is 2.59. The molecule has 234 valence electrons. The van der Waals surface area contributed by atoms with Crippen LogP contribution in [0.15, 0.2) is 48.0 Å². The fourth-order valence-corrected chi connectivity index (χ4v) is 5.54. The average Bonchev–Trinajstić information content (AvgIpc) is 2.98. The van der Waals surface area contributed by atoms with Crippen LogP contribution in [0.5, 0.6) is 11.5 Å². The quantitative estimate of drug-likeness (QED) is 0.149. The molecule has 0 radical (unpaired) electrons. The first kappa shape index (κ1) is 32.4. The number of carbonyl (C=O) groups is 2. The zero-order chi connectivity index (χ0) is 31.1. The van der Waals surface area contributed by atoms with E-state index in [2.05, 4.69) is 5.32 Å². The number of morpholine rings is 1. The van der Waals surface area contributed by atoms with Crippen molar-refractivity contribution in [3.8, 4) is 11.5 Å². The number of carbonyl (C=O) groups excluding carboxylic acids is 2. The van der Waals surface area contributed by atoms with E-state index in [4.69, 9.17) is 18.9 Å². The van der Waals surface area contributed by atoms with E-state index in [1.54, 1.807) is 12.1 Å². The number of aromatic hydroxyl groups is 1. The maximum atomic E-state index is 13.9. The number of nitrogens with one attached hydrogen (secondary N) is 1. The second kappa shape index (κ2) is 14.3. The summed E-state index contributed by atoms with van der Waals surface area (Å²) in [6.45, 7) is 0.978. The van der Waals surface area contributed by atoms with E-state index in [9.17, 15) is 35.1 Å². The number of esters is 2. The maximum Gasteiger partial charge on any atom is 0.334 e. The van der Waals surface area contributed by atoms with E-state index in [1.807, 2.05) is 24.3 Å². The predicted octanol–water partition coefficient (Wildman–Crippen LogP) is 0.770. The van der Waals surface area contributed by atoms with Gasteiger partial charge in [0.05, 0.1) is 13.7 Å². The van der Waals surface area contributed by atoms with Gasteiger partial charge in [0.15, 0.2) is 23.7 Å². The second-order valence-corrected chi connectivity index (χ2v) is 10.8. The molecule has 2 heterocycles. The molecule has 6 N–H and O–H groups in total. The van der Waals surface area contributed by atoms with Gasteiger partial charge >= 0.3 is 11.9 Å². The van der Waals surface area contributed by atoms with Crippen molar-refractivity contribution in [3.63, 3.8) is 0 Å². The van der Waals surface area contributed by atoms with E-state index >= 15 is 0 Å². The van der Waals surface area contributed by atoms with Crippen LogP contribution in [0, 0.1) is 0 Å². The number of benzene rings is 2. The van der Waals surface area contributed by atoms with Crippen LogP contribution in [0.3, 0.4) is 0 Å². The third-order valence-corrected chi connectivity index (χ3v) is 7.65. The molecule has 0 unspecified atom stereocenters. The van der Waals surface area contributed by atoms with E-state index < -0.39 is 42.1 Å². The molecule has 2 aliphatic rings. The van der Waals surface area contributed by atoms with Crippen LogP contribution in [-0.2, 0) is 30.2 Å². The molecule has 12 nitrogen and oxygen atoms in total. The smallest absolute Gasteiger partial charge is 0.334 e. The van der Waals surface area contributed by atoms with Crippen molar-refractivity contribution in [2.24, 2.45) is 0 Å². The summed E-state index contributed by atoms with van der Waals surface area (Å²) < 4.78 is 22.0. The minimum Gasteiger partial charge on any atom is -0.504 e. The van der Waals surface area contributed by atoms with Crippen molar-refractivity contribution in [2.45, 2.75) is 62.3 Å². The molecule has 0 aliphatic carbocycles. The molecule has 6 atom stereocenters. The van der Waals surface area contributed by atoms with Gasteiger partial charge in [0, 0.05) is 32.3 Å². The van der Waals surface area contributed by atoms with Crippen molar-refractivity contribution in [2.75, 3.05) is 33.4 Å². The highest BCUT2D eigenvalue weighted by molar-refractivity contribution is 5.94. The third-order valence-electron chi connectivity index (χ3n) is 7.65. The summed E-state index contributed by atoms with van der Waals surface area (Å²) in [6.07, 6.45) is -2.92. The summed E-state index contributed by atoms with van der Waals surface area (Å²) in [5.74, 6) is -3.98. The van der Waals surface area contributed by atoms with Gasteiger partial charge in [0.1, 0.15) is 12.2 Å². The van der Waals surface area contributed by atoms with Gasteiger partial charge in [-0.2, -0.15) is 0 Å². The fraction of sp³-hybridized carbons (Fsp3) is 0.484. The molecule has 0 amide bonds. The summed E-state index contributed by atoms with van der Waals surface area (Å²) in [4.78, 5) is 25.9. The van der Waals surface area contributed by atoms with Crippen molar-refractivity contribution >= 4 is 18.0 Å². The number of phenolic OH excluding ortho intramolecular Hbond substituents is 1. The molecule has 43 heavy (non-hydrogen) atoms. The number of fused-ring (bicyclic) bond motifs is 2. The van der Waals surface area contributed by atoms with Crippen LogP contribution in [-0.4, -0.2) is 101 Å². The standard InChI is InChI=1S/C31H39NO11/c1-18(35)41-28-27(37)26-16-32-17-31(39,43-26)29(28)42-30(38)23(13-20-6-7-24(36)25(14-20)40-2)15-22(9-11-34)21-5-3-4-19(12-21)8-10-33/h3-7,12-14,22,26-29,32-34,36-37,39H,8-11,15-17H2,1-2H3/b23-13+/t22-,26-,27-,28+,29+,31+/m0/s1. The summed E-state index contributed by atoms with van der Waals surface area (Å²) in [6, 6.07) is 12.0. The first-order chi connectivity index (χ1) is 20.6. The number of hydrogen-bond acceptors (Lipinski definition) is 12. The SMILES string of the molecule is COc1cc(/C=C(\C[C@H](CCO)c2cccc(CCO)c2)C(=O)O[C@@H]2[C@H](OC(C)=O)[C@@H](O)[C@@H]3CNC[C@@]2(O)O3)ccc1O. The van der Waals surface area contributed by atoms with Crippen LogP contribution in [0.4, 0.5) is 0 Å². The minimum absolute atomic E-state index is 0.0360. The Bertz CT molecular complexity index is 1310. The van der Waals surface area contributed by atoms with E-state index in [-0.39, 0.29) is 55.7 Å². The normalized spacial score (nSPS) is 26.0. The Morgan fingerprint density at radius 3 is 2.65 bits per heavy atom. The van der Waals surface area contributed by atoms with E-state index in [1.165, 1.54) is 19.2 Å². The molecule has 4 rings (SSSR count). The van der Waals surface area contributed by atoms with Crippen LogP contribution >= 0.6 is 0 Å². The lowest BCUT2D eigenvalue weighted by atomic mass is 9.87.